The molecule has 3 rings (SSSR count). The summed E-state index contributed by atoms with van der Waals surface area (Å²) in [6, 6.07) is 22.3. The molecule has 0 aromatic heterocycles. The highest BCUT2D eigenvalue weighted by atomic mass is 16.6. The fraction of sp³-hybridized carbons (Fsp3) is 0.136. The maximum atomic E-state index is 12.6. The van der Waals surface area contributed by atoms with E-state index in [1.807, 2.05) is 54.6 Å². The number of rotatable bonds is 7. The Kier molecular flexibility index (Phi) is 5.74. The van der Waals surface area contributed by atoms with E-state index in [1.165, 1.54) is 13.2 Å². The summed E-state index contributed by atoms with van der Waals surface area (Å²) >= 11 is 0. The molecule has 136 valence electrons. The molecule has 0 aliphatic heterocycles. The Bertz CT molecular complexity index is 950. The molecule has 0 saturated heterocycles. The highest BCUT2D eigenvalue weighted by Gasteiger charge is 2.17. The van der Waals surface area contributed by atoms with Crippen molar-refractivity contribution >= 4 is 11.5 Å². The Morgan fingerprint density at radius 1 is 0.963 bits per heavy atom. The standard InChI is InChI=1S/C22H19NO4/c1-27-15-20-12-11-19(14-21(20)23(25)26)22(24)13-16-7-9-18(10-8-16)17-5-3-2-4-6-17/h2-12,14H,13,15H2,1H3. The van der Waals surface area contributed by atoms with Crippen LogP contribution in [0.4, 0.5) is 5.69 Å². The number of nitro benzene ring substituents is 1. The Morgan fingerprint density at radius 3 is 2.26 bits per heavy atom. The van der Waals surface area contributed by atoms with Crippen LogP contribution in [0.15, 0.2) is 72.8 Å². The van der Waals surface area contributed by atoms with Gasteiger partial charge in [0.25, 0.3) is 5.69 Å². The van der Waals surface area contributed by atoms with Gasteiger partial charge in [0.1, 0.15) is 0 Å². The number of carbonyl (C=O) groups is 1. The molecule has 0 radical (unpaired) electrons. The zero-order valence-corrected chi connectivity index (χ0v) is 14.9. The van der Waals surface area contributed by atoms with Gasteiger partial charge >= 0.3 is 0 Å². The minimum Gasteiger partial charge on any atom is -0.380 e. The van der Waals surface area contributed by atoms with E-state index in [-0.39, 0.29) is 24.5 Å². The van der Waals surface area contributed by atoms with Gasteiger partial charge in [-0.2, -0.15) is 0 Å². The predicted molar refractivity (Wildman–Crippen MR) is 104 cm³/mol. The Balaban J connectivity index is 1.77. The first-order valence-electron chi connectivity index (χ1n) is 8.52. The Morgan fingerprint density at radius 2 is 1.63 bits per heavy atom. The van der Waals surface area contributed by atoms with Gasteiger partial charge < -0.3 is 4.74 Å². The summed E-state index contributed by atoms with van der Waals surface area (Å²) in [7, 11) is 1.47. The van der Waals surface area contributed by atoms with Gasteiger partial charge in [-0.1, -0.05) is 60.7 Å². The van der Waals surface area contributed by atoms with Gasteiger partial charge in [-0.15, -0.1) is 0 Å². The largest absolute Gasteiger partial charge is 0.380 e. The maximum absolute atomic E-state index is 12.6. The van der Waals surface area contributed by atoms with Crippen LogP contribution in [0.25, 0.3) is 11.1 Å². The van der Waals surface area contributed by atoms with E-state index < -0.39 is 4.92 Å². The molecule has 0 spiro atoms. The van der Waals surface area contributed by atoms with Crippen LogP contribution in [0.1, 0.15) is 21.5 Å². The van der Waals surface area contributed by atoms with Gasteiger partial charge in [-0.05, 0) is 22.8 Å². The summed E-state index contributed by atoms with van der Waals surface area (Å²) < 4.78 is 4.97. The van der Waals surface area contributed by atoms with Gasteiger partial charge in [0.15, 0.2) is 5.78 Å². The molecule has 0 heterocycles. The quantitative estimate of drug-likeness (QED) is 0.343. The minimum atomic E-state index is -0.486. The van der Waals surface area contributed by atoms with Crippen LogP contribution >= 0.6 is 0 Å². The minimum absolute atomic E-state index is 0.0953. The van der Waals surface area contributed by atoms with E-state index in [9.17, 15) is 14.9 Å². The zero-order chi connectivity index (χ0) is 19.2. The second-order valence-corrected chi connectivity index (χ2v) is 6.20. The molecule has 0 atom stereocenters. The van der Waals surface area contributed by atoms with Crippen molar-refractivity contribution in [1.29, 1.82) is 0 Å². The van der Waals surface area contributed by atoms with Crippen molar-refractivity contribution in [3.8, 4) is 11.1 Å². The van der Waals surface area contributed by atoms with Crippen LogP contribution < -0.4 is 0 Å². The van der Waals surface area contributed by atoms with Gasteiger partial charge in [0.05, 0.1) is 17.1 Å². The summed E-state index contributed by atoms with van der Waals surface area (Å²) in [4.78, 5) is 23.3. The molecule has 3 aromatic rings. The lowest BCUT2D eigenvalue weighted by Gasteiger charge is -2.06. The molecule has 0 saturated carbocycles. The highest BCUT2D eigenvalue weighted by Crippen LogP contribution is 2.23. The topological polar surface area (TPSA) is 69.4 Å². The molecular weight excluding hydrogens is 342 g/mol. The molecule has 5 nitrogen and oxygen atoms in total. The van der Waals surface area contributed by atoms with Crippen molar-refractivity contribution in [2.45, 2.75) is 13.0 Å². The molecular formula is C22H19NO4. The third kappa shape index (κ3) is 4.46. The van der Waals surface area contributed by atoms with Crippen LogP contribution in [0, 0.1) is 10.1 Å². The molecule has 0 aliphatic carbocycles. The maximum Gasteiger partial charge on any atom is 0.275 e. The molecule has 27 heavy (non-hydrogen) atoms. The zero-order valence-electron chi connectivity index (χ0n) is 14.9. The van der Waals surface area contributed by atoms with Crippen molar-refractivity contribution in [3.63, 3.8) is 0 Å². The monoisotopic (exact) mass is 361 g/mol. The summed E-state index contributed by atoms with van der Waals surface area (Å²) in [5.74, 6) is -0.158. The molecule has 5 heteroatoms. The van der Waals surface area contributed by atoms with Crippen molar-refractivity contribution in [3.05, 3.63) is 99.6 Å². The number of benzene rings is 3. The van der Waals surface area contributed by atoms with Crippen LogP contribution in [0.3, 0.4) is 0 Å². The third-order valence-corrected chi connectivity index (χ3v) is 4.33. The van der Waals surface area contributed by atoms with Crippen molar-refractivity contribution in [2.75, 3.05) is 7.11 Å². The molecule has 0 fully saturated rings. The molecule has 0 amide bonds. The molecule has 3 aromatic carbocycles. The SMILES string of the molecule is COCc1ccc(C(=O)Cc2ccc(-c3ccccc3)cc2)cc1[N+](=O)[O-]. The summed E-state index contributed by atoms with van der Waals surface area (Å²) in [5.41, 5.74) is 3.73. The smallest absolute Gasteiger partial charge is 0.275 e. The first-order chi connectivity index (χ1) is 13.1. The summed E-state index contributed by atoms with van der Waals surface area (Å²) in [6.45, 7) is 0.131. The predicted octanol–water partition coefficient (Wildman–Crippen LogP) is 4.83. The lowest BCUT2D eigenvalue weighted by atomic mass is 9.98. The first kappa shape index (κ1) is 18.5. The van der Waals surface area contributed by atoms with Gasteiger partial charge in [0.2, 0.25) is 0 Å². The average Bonchev–Trinajstić information content (AvgIpc) is 2.69. The number of carbonyl (C=O) groups excluding carboxylic acids is 1. The third-order valence-electron chi connectivity index (χ3n) is 4.33. The number of hydrogen-bond acceptors (Lipinski definition) is 4. The van der Waals surface area contributed by atoms with E-state index in [2.05, 4.69) is 0 Å². The van der Waals surface area contributed by atoms with Gasteiger partial charge in [0, 0.05) is 25.2 Å². The number of nitrogens with zero attached hydrogens (tertiary/aromatic N) is 1. The lowest BCUT2D eigenvalue weighted by molar-refractivity contribution is -0.385. The highest BCUT2D eigenvalue weighted by molar-refractivity contribution is 5.98. The Hall–Kier alpha value is -3.31. The molecule has 0 unspecified atom stereocenters. The fourth-order valence-corrected chi connectivity index (χ4v) is 2.92. The van der Waals surface area contributed by atoms with Crippen molar-refractivity contribution in [1.82, 2.24) is 0 Å². The number of methoxy groups -OCH3 is 1. The van der Waals surface area contributed by atoms with E-state index in [4.69, 9.17) is 4.74 Å². The van der Waals surface area contributed by atoms with Crippen LogP contribution in [0.5, 0.6) is 0 Å². The van der Waals surface area contributed by atoms with Crippen LogP contribution in [-0.4, -0.2) is 17.8 Å². The Labute approximate surface area is 157 Å². The van der Waals surface area contributed by atoms with Gasteiger partial charge in [-0.3, -0.25) is 14.9 Å². The molecule has 0 aliphatic rings. The number of hydrogen-bond donors (Lipinski definition) is 0. The van der Waals surface area contributed by atoms with Crippen molar-refractivity contribution in [2.24, 2.45) is 0 Å². The number of Topliss-reactive ketones (excluding diaryl/α,β-unsaturated/α-hetero) is 1. The van der Waals surface area contributed by atoms with E-state index >= 15 is 0 Å². The van der Waals surface area contributed by atoms with E-state index in [1.54, 1.807) is 12.1 Å². The van der Waals surface area contributed by atoms with E-state index in [0.29, 0.717) is 11.1 Å². The van der Waals surface area contributed by atoms with Gasteiger partial charge in [-0.25, -0.2) is 0 Å². The molecule has 0 N–H and O–H groups in total. The summed E-state index contributed by atoms with van der Waals surface area (Å²) in [6.07, 6.45) is 0.190. The summed E-state index contributed by atoms with van der Waals surface area (Å²) in [5, 5.41) is 11.2. The second-order valence-electron chi connectivity index (χ2n) is 6.20. The second kappa shape index (κ2) is 8.38. The van der Waals surface area contributed by atoms with E-state index in [0.717, 1.165) is 16.7 Å². The molecule has 0 bridgehead atoms. The fourth-order valence-electron chi connectivity index (χ4n) is 2.92. The van der Waals surface area contributed by atoms with Crippen LogP contribution in [-0.2, 0) is 17.8 Å². The van der Waals surface area contributed by atoms with Crippen LogP contribution in [0.2, 0.25) is 0 Å². The number of ether oxygens (including phenoxy) is 1. The number of ketones is 1. The average molecular weight is 361 g/mol. The van der Waals surface area contributed by atoms with Crippen molar-refractivity contribution < 1.29 is 14.5 Å². The first-order valence-corrected chi connectivity index (χ1v) is 8.52. The normalized spacial score (nSPS) is 10.6. The number of nitro groups is 1. The lowest BCUT2D eigenvalue weighted by Crippen LogP contribution is -2.06.